The van der Waals surface area contributed by atoms with Crippen molar-refractivity contribution >= 4 is 13.7 Å². The van der Waals surface area contributed by atoms with Gasteiger partial charge in [0.25, 0.3) is 0 Å². The number of nitrogens with zero attached hydrogens (tertiary/aromatic N) is 1. The number of hydrogen-bond acceptors (Lipinski definition) is 2. The molecule has 3 nitrogen and oxygen atoms in total. The molecule has 0 aliphatic carbocycles. The Morgan fingerprint density at radius 2 is 1.64 bits per heavy atom. The number of hydrogen-bond donors (Lipinski definition) is 1. The molecule has 0 bridgehead atoms. The summed E-state index contributed by atoms with van der Waals surface area (Å²) >= 11 is 0. The van der Waals surface area contributed by atoms with E-state index in [-0.39, 0.29) is 5.78 Å². The van der Waals surface area contributed by atoms with Gasteiger partial charge < -0.3 is 9.79 Å². The molecule has 2 unspecified atom stereocenters. The molecule has 22 heavy (non-hydrogen) atoms. The van der Waals surface area contributed by atoms with Crippen molar-refractivity contribution in [3.63, 3.8) is 0 Å². The van der Waals surface area contributed by atoms with Crippen LogP contribution in [0.2, 0.25) is 0 Å². The van der Waals surface area contributed by atoms with Gasteiger partial charge in [-0.15, -0.1) is 0 Å². The quantitative estimate of drug-likeness (QED) is 0.719. The lowest BCUT2D eigenvalue weighted by molar-refractivity contribution is 0.473. The Morgan fingerprint density at radius 3 is 2.18 bits per heavy atom. The van der Waals surface area contributed by atoms with Crippen LogP contribution in [0.1, 0.15) is 31.7 Å². The van der Waals surface area contributed by atoms with Crippen LogP contribution in [0.5, 0.6) is 0 Å². The van der Waals surface area contributed by atoms with Gasteiger partial charge in [-0.05, 0) is 24.1 Å². The van der Waals surface area contributed by atoms with Gasteiger partial charge in [0.15, 0.2) is 0 Å². The van der Waals surface area contributed by atoms with Crippen LogP contribution in [-0.2, 0) is 11.1 Å². The molecule has 2 aromatic carbocycles. The minimum Gasteiger partial charge on any atom is -0.355 e. The Hall–Kier alpha value is -1.57. The molecule has 1 N–H and O–H groups in total. The molecule has 0 radical (unpaired) electrons. The third-order valence-electron chi connectivity index (χ3n) is 3.78. The monoisotopic (exact) mass is 317 g/mol. The van der Waals surface area contributed by atoms with Gasteiger partial charge >= 0.3 is 0 Å². The van der Waals surface area contributed by atoms with E-state index in [2.05, 4.69) is 24.0 Å². The predicted octanol–water partition coefficient (Wildman–Crippen LogP) is 4.68. The first-order valence-corrected chi connectivity index (χ1v) is 9.24. The van der Waals surface area contributed by atoms with E-state index in [4.69, 9.17) is 0 Å². The largest absolute Gasteiger partial charge is 0.355 e. The summed E-state index contributed by atoms with van der Waals surface area (Å²) in [5.74, 6) is -0.312. The molecule has 0 aliphatic heterocycles. The number of anilines is 1. The average molecular weight is 317 g/mol. The maximum absolute atomic E-state index is 12.0. The highest BCUT2D eigenvalue weighted by Gasteiger charge is 2.23. The fourth-order valence-electron chi connectivity index (χ4n) is 2.59. The Kier molecular flexibility index (Phi) is 6.70. The maximum Gasteiger partial charge on any atom is 0.210 e. The van der Waals surface area contributed by atoms with Crippen LogP contribution in [0.15, 0.2) is 60.7 Å². The lowest BCUT2D eigenvalue weighted by Gasteiger charge is -2.32. The first-order chi connectivity index (χ1) is 10.7. The molecule has 0 heterocycles. The van der Waals surface area contributed by atoms with E-state index in [0.29, 0.717) is 6.54 Å². The van der Waals surface area contributed by atoms with Gasteiger partial charge in [0.1, 0.15) is 5.78 Å². The van der Waals surface area contributed by atoms with Gasteiger partial charge in [0.05, 0.1) is 0 Å². The van der Waals surface area contributed by atoms with E-state index in [1.807, 2.05) is 48.5 Å². The van der Waals surface area contributed by atoms with Gasteiger partial charge in [-0.25, -0.2) is 0 Å². The van der Waals surface area contributed by atoms with Crippen LogP contribution in [-0.4, -0.2) is 10.7 Å². The summed E-state index contributed by atoms with van der Waals surface area (Å²) in [6.07, 6.45) is 2.73. The van der Waals surface area contributed by atoms with Crippen LogP contribution in [0, 0.1) is 0 Å². The molecule has 4 heteroatoms. The zero-order chi connectivity index (χ0) is 15.8. The van der Waals surface area contributed by atoms with Crippen molar-refractivity contribution in [2.75, 3.05) is 4.90 Å². The molecule has 0 spiro atoms. The van der Waals surface area contributed by atoms with Crippen LogP contribution in [0.25, 0.3) is 0 Å². The van der Waals surface area contributed by atoms with Crippen LogP contribution >= 0.6 is 8.03 Å². The molecular weight excluding hydrogens is 293 g/mol. The highest BCUT2D eigenvalue weighted by Crippen LogP contribution is 2.34. The Balaban J connectivity index is 2.29. The van der Waals surface area contributed by atoms with Crippen molar-refractivity contribution in [1.82, 2.24) is 0 Å². The number of rotatable bonds is 8. The first kappa shape index (κ1) is 16.8. The van der Waals surface area contributed by atoms with Gasteiger partial charge in [-0.3, -0.25) is 4.57 Å². The van der Waals surface area contributed by atoms with Gasteiger partial charge in [-0.2, -0.15) is 0 Å². The molecule has 0 fully saturated rings. The van der Waals surface area contributed by atoms with Crippen LogP contribution in [0.3, 0.4) is 0 Å². The number of para-hydroxylation sites is 1. The summed E-state index contributed by atoms with van der Waals surface area (Å²) < 4.78 is 12.0. The summed E-state index contributed by atoms with van der Waals surface area (Å²) in [6, 6.07) is 20.0. The topological polar surface area (TPSA) is 40.5 Å². The average Bonchev–Trinajstić information content (AvgIpc) is 2.55. The summed E-state index contributed by atoms with van der Waals surface area (Å²) in [7, 11) is -2.63. The highest BCUT2D eigenvalue weighted by atomic mass is 31.1. The van der Waals surface area contributed by atoms with E-state index in [0.717, 1.165) is 30.5 Å². The minimum absolute atomic E-state index is 0.312. The van der Waals surface area contributed by atoms with E-state index in [1.54, 1.807) is 0 Å². The first-order valence-electron chi connectivity index (χ1n) is 7.80. The highest BCUT2D eigenvalue weighted by molar-refractivity contribution is 7.39. The fourth-order valence-corrected chi connectivity index (χ4v) is 3.55. The second-order valence-corrected chi connectivity index (χ2v) is 6.79. The van der Waals surface area contributed by atoms with Gasteiger partial charge in [0, 0.05) is 12.2 Å². The lowest BCUT2D eigenvalue weighted by atomic mass is 10.1. The molecule has 2 atom stereocenters. The summed E-state index contributed by atoms with van der Waals surface area (Å²) in [5.41, 5.74) is 2.15. The zero-order valence-electron chi connectivity index (χ0n) is 13.0. The molecule has 0 saturated heterocycles. The fraction of sp³-hybridized carbons (Fsp3) is 0.333. The SMILES string of the molecule is CCCCC(N(Cc1ccccc1)c1ccccc1)[PH](=O)O. The zero-order valence-corrected chi connectivity index (χ0v) is 14.0. The summed E-state index contributed by atoms with van der Waals surface area (Å²) in [5, 5.41) is 0. The van der Waals surface area contributed by atoms with Crippen molar-refractivity contribution in [1.29, 1.82) is 0 Å². The third kappa shape index (κ3) is 4.72. The summed E-state index contributed by atoms with van der Waals surface area (Å²) in [4.78, 5) is 11.9. The minimum atomic E-state index is -2.63. The smallest absolute Gasteiger partial charge is 0.210 e. The molecule has 0 aliphatic rings. The van der Waals surface area contributed by atoms with E-state index < -0.39 is 8.03 Å². The van der Waals surface area contributed by atoms with E-state index in [9.17, 15) is 9.46 Å². The molecular formula is C18H24NO2P. The Morgan fingerprint density at radius 1 is 1.05 bits per heavy atom. The van der Waals surface area contributed by atoms with Crippen molar-refractivity contribution in [3.05, 3.63) is 66.2 Å². The van der Waals surface area contributed by atoms with Crippen molar-refractivity contribution in [2.45, 2.75) is 38.5 Å². The summed E-state index contributed by atoms with van der Waals surface area (Å²) in [6.45, 7) is 2.76. The Labute approximate surface area is 133 Å². The Bertz CT molecular complexity index is 574. The normalized spacial score (nSPS) is 13.5. The molecule has 0 amide bonds. The maximum atomic E-state index is 12.0. The number of unbranched alkanes of at least 4 members (excludes halogenated alkanes) is 1. The lowest BCUT2D eigenvalue weighted by Crippen LogP contribution is -2.32. The second kappa shape index (κ2) is 8.77. The van der Waals surface area contributed by atoms with Crippen molar-refractivity contribution in [2.24, 2.45) is 0 Å². The molecule has 0 saturated carbocycles. The third-order valence-corrected chi connectivity index (χ3v) is 4.95. The van der Waals surface area contributed by atoms with Crippen LogP contribution < -0.4 is 4.90 Å². The van der Waals surface area contributed by atoms with Gasteiger partial charge in [0.2, 0.25) is 8.03 Å². The standard InChI is InChI=1S/C18H24NO2P/c1-2-3-14-18(22(20)21)19(17-12-8-5-9-13-17)15-16-10-6-4-7-11-16/h4-13,18,22H,2-3,14-15H2,1H3,(H,20,21). The molecule has 2 aromatic rings. The van der Waals surface area contributed by atoms with E-state index in [1.165, 1.54) is 0 Å². The number of benzene rings is 2. The molecule has 118 valence electrons. The van der Waals surface area contributed by atoms with Crippen LogP contribution in [0.4, 0.5) is 5.69 Å². The van der Waals surface area contributed by atoms with Crippen molar-refractivity contribution < 1.29 is 9.46 Å². The molecule has 0 aromatic heterocycles. The van der Waals surface area contributed by atoms with Gasteiger partial charge in [-0.1, -0.05) is 68.3 Å². The second-order valence-electron chi connectivity index (χ2n) is 5.45. The predicted molar refractivity (Wildman–Crippen MR) is 93.6 cm³/mol. The van der Waals surface area contributed by atoms with E-state index >= 15 is 0 Å². The van der Waals surface area contributed by atoms with Crippen molar-refractivity contribution in [3.8, 4) is 0 Å². The molecule has 2 rings (SSSR count).